The normalized spacial score (nSPS) is 14.6. The van der Waals surface area contributed by atoms with Gasteiger partial charge in [0.25, 0.3) is 0 Å². The monoisotopic (exact) mass is 353 g/mol. The summed E-state index contributed by atoms with van der Waals surface area (Å²) < 4.78 is 6.54. The van der Waals surface area contributed by atoms with Crippen LogP contribution in [0.1, 0.15) is 32.3 Å². The number of halogens is 1. The molecule has 0 fully saturated rings. The molecule has 0 amide bonds. The summed E-state index contributed by atoms with van der Waals surface area (Å²) in [6, 6.07) is 7.51. The van der Waals surface area contributed by atoms with Gasteiger partial charge in [-0.25, -0.2) is 0 Å². The highest BCUT2D eigenvalue weighted by atomic mass is 79.9. The van der Waals surface area contributed by atoms with Gasteiger partial charge in [0.1, 0.15) is 11.6 Å². The average molecular weight is 354 g/mol. The lowest BCUT2D eigenvalue weighted by Crippen LogP contribution is -2.44. The molecule has 0 bridgehead atoms. The van der Waals surface area contributed by atoms with Gasteiger partial charge >= 0.3 is 5.97 Å². The van der Waals surface area contributed by atoms with Crippen LogP contribution in [0.25, 0.3) is 0 Å². The number of benzene rings is 1. The van der Waals surface area contributed by atoms with Crippen molar-refractivity contribution in [3.05, 3.63) is 47.0 Å². The van der Waals surface area contributed by atoms with Crippen molar-refractivity contribution in [1.29, 1.82) is 0 Å². The highest BCUT2D eigenvalue weighted by molar-refractivity contribution is 9.10. The van der Waals surface area contributed by atoms with Crippen molar-refractivity contribution in [2.24, 2.45) is 0 Å². The molecule has 1 aromatic rings. The molecule has 0 radical (unpaired) electrons. The third-order valence-electron chi connectivity index (χ3n) is 3.03. The van der Waals surface area contributed by atoms with E-state index in [1.54, 1.807) is 6.08 Å². The zero-order valence-electron chi connectivity index (χ0n) is 13.4. The van der Waals surface area contributed by atoms with Gasteiger partial charge in [0.15, 0.2) is 0 Å². The molecule has 2 atom stereocenters. The van der Waals surface area contributed by atoms with Crippen molar-refractivity contribution in [2.45, 2.75) is 38.3 Å². The summed E-state index contributed by atoms with van der Waals surface area (Å²) in [5.41, 5.74) is 0.526. The van der Waals surface area contributed by atoms with Crippen LogP contribution in [-0.4, -0.2) is 36.6 Å². The minimum atomic E-state index is -0.506. The Morgan fingerprint density at radius 3 is 2.43 bits per heavy atom. The van der Waals surface area contributed by atoms with Crippen LogP contribution in [0, 0.1) is 0 Å². The molecule has 0 aromatic heterocycles. The van der Waals surface area contributed by atoms with Crippen molar-refractivity contribution >= 4 is 21.9 Å². The number of nitrogens with zero attached hydrogens (tertiary/aromatic N) is 1. The molecule has 0 saturated carbocycles. The van der Waals surface area contributed by atoms with Gasteiger partial charge in [-0.2, -0.15) is 0 Å². The number of hydrogen-bond acceptors (Lipinski definition) is 3. The van der Waals surface area contributed by atoms with Crippen LogP contribution in [0.4, 0.5) is 0 Å². The molecule has 21 heavy (non-hydrogen) atoms. The Bertz CT molecular complexity index is 506. The SMILES string of the molecule is C=C[C@@H](c1cccc(Br)c1)[C@H](C(=O)OC(C)(C)C)N(C)C. The van der Waals surface area contributed by atoms with Gasteiger partial charge in [0.05, 0.1) is 0 Å². The van der Waals surface area contributed by atoms with Gasteiger partial charge in [-0.15, -0.1) is 6.58 Å². The Morgan fingerprint density at radius 2 is 2.00 bits per heavy atom. The van der Waals surface area contributed by atoms with E-state index in [-0.39, 0.29) is 11.9 Å². The second kappa shape index (κ2) is 7.23. The van der Waals surface area contributed by atoms with Gasteiger partial charge < -0.3 is 4.74 Å². The number of carbonyl (C=O) groups excluding carboxylic acids is 1. The van der Waals surface area contributed by atoms with Crippen LogP contribution in [0.5, 0.6) is 0 Å². The zero-order chi connectivity index (χ0) is 16.2. The van der Waals surface area contributed by atoms with Crippen molar-refractivity contribution in [1.82, 2.24) is 4.90 Å². The second-order valence-corrected chi connectivity index (χ2v) is 7.17. The van der Waals surface area contributed by atoms with Crippen LogP contribution < -0.4 is 0 Å². The minimum absolute atomic E-state index is 0.132. The first-order chi connectivity index (χ1) is 9.65. The standard InChI is InChI=1S/C17H24BrNO2/c1-7-14(12-9-8-10-13(18)11-12)15(19(5)6)16(20)21-17(2,3)4/h7-11,14-15H,1H2,2-6H3/t14-,15+/m0/s1. The van der Waals surface area contributed by atoms with E-state index >= 15 is 0 Å². The molecule has 116 valence electrons. The maximum atomic E-state index is 12.5. The third kappa shape index (κ3) is 5.29. The predicted molar refractivity (Wildman–Crippen MR) is 90.4 cm³/mol. The first-order valence-electron chi connectivity index (χ1n) is 6.93. The fraction of sp³-hybridized carbons (Fsp3) is 0.471. The molecule has 0 aliphatic carbocycles. The lowest BCUT2D eigenvalue weighted by Gasteiger charge is -2.32. The van der Waals surface area contributed by atoms with Gasteiger partial charge in [0, 0.05) is 10.4 Å². The Balaban J connectivity index is 3.12. The molecule has 0 heterocycles. The van der Waals surface area contributed by atoms with E-state index in [4.69, 9.17) is 4.74 Å². The van der Waals surface area contributed by atoms with E-state index < -0.39 is 11.6 Å². The summed E-state index contributed by atoms with van der Waals surface area (Å²) in [7, 11) is 3.76. The highest BCUT2D eigenvalue weighted by Gasteiger charge is 2.33. The summed E-state index contributed by atoms with van der Waals surface area (Å²) in [5, 5.41) is 0. The number of hydrogen-bond donors (Lipinski definition) is 0. The van der Waals surface area contributed by atoms with Gasteiger partial charge in [-0.1, -0.05) is 34.1 Å². The van der Waals surface area contributed by atoms with Gasteiger partial charge in [-0.3, -0.25) is 9.69 Å². The highest BCUT2D eigenvalue weighted by Crippen LogP contribution is 2.28. The van der Waals surface area contributed by atoms with E-state index in [1.165, 1.54) is 0 Å². The fourth-order valence-corrected chi connectivity index (χ4v) is 2.62. The Kier molecular flexibility index (Phi) is 6.17. The molecule has 0 N–H and O–H groups in total. The molecular weight excluding hydrogens is 330 g/mol. The summed E-state index contributed by atoms with van der Waals surface area (Å²) in [4.78, 5) is 14.4. The quantitative estimate of drug-likeness (QED) is 0.592. The smallest absolute Gasteiger partial charge is 0.324 e. The lowest BCUT2D eigenvalue weighted by atomic mass is 9.90. The van der Waals surface area contributed by atoms with Crippen LogP contribution in [0.2, 0.25) is 0 Å². The summed E-state index contributed by atoms with van der Waals surface area (Å²) in [6.45, 7) is 9.52. The molecule has 0 saturated heterocycles. The molecule has 0 unspecified atom stereocenters. The van der Waals surface area contributed by atoms with Crippen LogP contribution in [0.3, 0.4) is 0 Å². The van der Waals surface area contributed by atoms with E-state index in [2.05, 4.69) is 22.5 Å². The van der Waals surface area contributed by atoms with Crippen molar-refractivity contribution in [2.75, 3.05) is 14.1 Å². The number of rotatable bonds is 5. The largest absolute Gasteiger partial charge is 0.459 e. The van der Waals surface area contributed by atoms with Crippen LogP contribution in [0.15, 0.2) is 41.4 Å². The summed E-state index contributed by atoms with van der Waals surface area (Å²) in [5.74, 6) is -0.371. The molecule has 0 spiro atoms. The molecular formula is C17H24BrNO2. The van der Waals surface area contributed by atoms with Crippen molar-refractivity contribution in [3.63, 3.8) is 0 Å². The Morgan fingerprint density at radius 1 is 1.38 bits per heavy atom. The average Bonchev–Trinajstić information content (AvgIpc) is 2.32. The molecule has 1 aromatic carbocycles. The molecule has 1 rings (SSSR count). The third-order valence-corrected chi connectivity index (χ3v) is 3.53. The number of ether oxygens (including phenoxy) is 1. The molecule has 3 nitrogen and oxygen atoms in total. The summed E-state index contributed by atoms with van der Waals surface area (Å²) in [6.07, 6.45) is 1.80. The van der Waals surface area contributed by atoms with E-state index in [0.29, 0.717) is 0 Å². The fourth-order valence-electron chi connectivity index (χ4n) is 2.20. The van der Waals surface area contributed by atoms with E-state index in [9.17, 15) is 4.79 Å². The Labute approximate surface area is 136 Å². The first kappa shape index (κ1) is 17.9. The van der Waals surface area contributed by atoms with Crippen molar-refractivity contribution < 1.29 is 9.53 Å². The molecule has 0 aliphatic heterocycles. The van der Waals surface area contributed by atoms with Crippen LogP contribution in [-0.2, 0) is 9.53 Å². The van der Waals surface area contributed by atoms with E-state index in [1.807, 2.05) is 64.0 Å². The second-order valence-electron chi connectivity index (χ2n) is 6.26. The maximum Gasteiger partial charge on any atom is 0.324 e. The van der Waals surface area contributed by atoms with Gasteiger partial charge in [-0.05, 0) is 52.6 Å². The summed E-state index contributed by atoms with van der Waals surface area (Å²) >= 11 is 3.47. The number of carbonyl (C=O) groups is 1. The lowest BCUT2D eigenvalue weighted by molar-refractivity contribution is -0.160. The van der Waals surface area contributed by atoms with Gasteiger partial charge in [0.2, 0.25) is 0 Å². The maximum absolute atomic E-state index is 12.5. The zero-order valence-corrected chi connectivity index (χ0v) is 15.0. The molecule has 0 aliphatic rings. The van der Waals surface area contributed by atoms with Crippen LogP contribution >= 0.6 is 15.9 Å². The number of likely N-dealkylation sites (N-methyl/N-ethyl adjacent to an activating group) is 1. The number of esters is 1. The minimum Gasteiger partial charge on any atom is -0.459 e. The van der Waals surface area contributed by atoms with E-state index in [0.717, 1.165) is 10.0 Å². The molecule has 4 heteroatoms. The van der Waals surface area contributed by atoms with Crippen molar-refractivity contribution in [3.8, 4) is 0 Å². The first-order valence-corrected chi connectivity index (χ1v) is 7.72. The Hall–Kier alpha value is -1.13. The predicted octanol–water partition coefficient (Wildman–Crippen LogP) is 3.99. The topological polar surface area (TPSA) is 29.5 Å².